The predicted octanol–water partition coefficient (Wildman–Crippen LogP) is 3.21. The monoisotopic (exact) mass is 297 g/mol. The van der Waals surface area contributed by atoms with Gasteiger partial charge in [0.2, 0.25) is 0 Å². The summed E-state index contributed by atoms with van der Waals surface area (Å²) >= 11 is 0. The van der Waals surface area contributed by atoms with E-state index < -0.39 is 0 Å². The highest BCUT2D eigenvalue weighted by molar-refractivity contribution is 5.45. The van der Waals surface area contributed by atoms with Gasteiger partial charge in [-0.2, -0.15) is 0 Å². The molecule has 1 saturated carbocycles. The highest BCUT2D eigenvalue weighted by Crippen LogP contribution is 2.36. The molecule has 5 heteroatoms. The number of hydrogen-bond acceptors (Lipinski definition) is 4. The van der Waals surface area contributed by atoms with Crippen molar-refractivity contribution in [2.75, 3.05) is 11.4 Å². The van der Waals surface area contributed by atoms with Crippen molar-refractivity contribution < 1.29 is 0 Å². The zero-order chi connectivity index (χ0) is 14.8. The van der Waals surface area contributed by atoms with Gasteiger partial charge in [0.15, 0.2) is 0 Å². The Balaban J connectivity index is 1.66. The second-order valence-electron chi connectivity index (χ2n) is 6.51. The van der Waals surface area contributed by atoms with Gasteiger partial charge in [-0.3, -0.25) is 4.57 Å². The Kier molecular flexibility index (Phi) is 3.79. The Morgan fingerprint density at radius 3 is 2.64 bits per heavy atom. The van der Waals surface area contributed by atoms with E-state index in [0.29, 0.717) is 6.04 Å². The SMILES string of the molecule is c1cn(-c2cc(N3CCCC[C@H]4CCCC[C@@H]43)ncn2)cn1. The number of hydrogen-bond donors (Lipinski definition) is 0. The van der Waals surface area contributed by atoms with Crippen LogP contribution in [0.4, 0.5) is 5.82 Å². The zero-order valence-electron chi connectivity index (χ0n) is 12.9. The average molecular weight is 297 g/mol. The molecule has 2 aliphatic rings. The molecule has 0 bridgehead atoms. The number of imidazole rings is 1. The van der Waals surface area contributed by atoms with Crippen molar-refractivity contribution >= 4 is 5.82 Å². The number of nitrogens with zero attached hydrogens (tertiary/aromatic N) is 5. The molecule has 3 heterocycles. The van der Waals surface area contributed by atoms with Crippen molar-refractivity contribution in [2.45, 2.75) is 51.0 Å². The van der Waals surface area contributed by atoms with E-state index >= 15 is 0 Å². The zero-order valence-corrected chi connectivity index (χ0v) is 12.9. The van der Waals surface area contributed by atoms with E-state index in [-0.39, 0.29) is 0 Å². The van der Waals surface area contributed by atoms with E-state index in [2.05, 4.69) is 25.9 Å². The van der Waals surface area contributed by atoms with Gasteiger partial charge in [0.05, 0.1) is 0 Å². The van der Waals surface area contributed by atoms with E-state index in [1.807, 2.05) is 10.8 Å². The maximum absolute atomic E-state index is 4.59. The standard InChI is InChI=1S/C17H23N5/c1-2-7-15-14(5-1)6-3-4-9-22(15)17-11-16(19-12-20-17)21-10-8-18-13-21/h8,10-15H,1-7,9H2/t14-,15+/m1/s1. The third-order valence-electron chi connectivity index (χ3n) is 5.19. The van der Waals surface area contributed by atoms with Crippen LogP contribution in [0.3, 0.4) is 0 Å². The third-order valence-corrected chi connectivity index (χ3v) is 5.19. The van der Waals surface area contributed by atoms with Crippen LogP contribution in [-0.2, 0) is 0 Å². The fourth-order valence-electron chi connectivity index (χ4n) is 4.10. The van der Waals surface area contributed by atoms with Gasteiger partial charge in [0.25, 0.3) is 0 Å². The molecule has 2 atom stereocenters. The van der Waals surface area contributed by atoms with Crippen LogP contribution in [0.2, 0.25) is 0 Å². The molecule has 1 saturated heterocycles. The van der Waals surface area contributed by atoms with Crippen LogP contribution < -0.4 is 4.90 Å². The summed E-state index contributed by atoms with van der Waals surface area (Å²) in [5.74, 6) is 2.83. The maximum atomic E-state index is 4.59. The minimum Gasteiger partial charge on any atom is -0.353 e. The summed E-state index contributed by atoms with van der Waals surface area (Å²) in [6, 6.07) is 2.78. The van der Waals surface area contributed by atoms with Gasteiger partial charge in [-0.05, 0) is 31.6 Å². The van der Waals surface area contributed by atoms with Crippen LogP contribution >= 0.6 is 0 Å². The molecule has 0 unspecified atom stereocenters. The van der Waals surface area contributed by atoms with Gasteiger partial charge in [-0.25, -0.2) is 15.0 Å². The van der Waals surface area contributed by atoms with E-state index in [9.17, 15) is 0 Å². The van der Waals surface area contributed by atoms with Gasteiger partial charge in [0.1, 0.15) is 24.3 Å². The largest absolute Gasteiger partial charge is 0.353 e. The Hall–Kier alpha value is -1.91. The first-order chi connectivity index (χ1) is 10.9. The lowest BCUT2D eigenvalue weighted by atomic mass is 9.81. The molecule has 0 N–H and O–H groups in total. The van der Waals surface area contributed by atoms with Crippen LogP contribution in [0.1, 0.15) is 44.9 Å². The Morgan fingerprint density at radius 1 is 0.955 bits per heavy atom. The summed E-state index contributed by atoms with van der Waals surface area (Å²) in [7, 11) is 0. The topological polar surface area (TPSA) is 46.8 Å². The molecule has 0 aromatic carbocycles. The highest BCUT2D eigenvalue weighted by atomic mass is 15.2. The first-order valence-corrected chi connectivity index (χ1v) is 8.49. The highest BCUT2D eigenvalue weighted by Gasteiger charge is 2.32. The Bertz CT molecular complexity index is 609. The van der Waals surface area contributed by atoms with Gasteiger partial charge < -0.3 is 4.90 Å². The van der Waals surface area contributed by atoms with E-state index in [0.717, 1.165) is 24.1 Å². The molecule has 0 spiro atoms. The van der Waals surface area contributed by atoms with Crippen LogP contribution in [-0.4, -0.2) is 32.1 Å². The Morgan fingerprint density at radius 2 is 1.77 bits per heavy atom. The Labute approximate surface area is 131 Å². The van der Waals surface area contributed by atoms with Gasteiger partial charge in [-0.15, -0.1) is 0 Å². The molecule has 0 radical (unpaired) electrons. The molecule has 1 aliphatic carbocycles. The van der Waals surface area contributed by atoms with Crippen molar-refractivity contribution in [3.05, 3.63) is 31.1 Å². The van der Waals surface area contributed by atoms with E-state index in [1.54, 1.807) is 18.9 Å². The molecule has 0 amide bonds. The minimum absolute atomic E-state index is 0.668. The van der Waals surface area contributed by atoms with Gasteiger partial charge in [0, 0.05) is 31.0 Å². The molecule has 5 nitrogen and oxygen atoms in total. The molecular weight excluding hydrogens is 274 g/mol. The summed E-state index contributed by atoms with van der Waals surface area (Å²) < 4.78 is 1.95. The fraction of sp³-hybridized carbons (Fsp3) is 0.588. The summed E-state index contributed by atoms with van der Waals surface area (Å²) in [6.45, 7) is 1.13. The van der Waals surface area contributed by atoms with E-state index in [1.165, 1.54) is 44.9 Å². The van der Waals surface area contributed by atoms with Crippen molar-refractivity contribution in [1.29, 1.82) is 0 Å². The van der Waals surface area contributed by atoms with Gasteiger partial charge in [-0.1, -0.05) is 19.3 Å². The molecule has 1 aliphatic heterocycles. The van der Waals surface area contributed by atoms with Crippen LogP contribution in [0.5, 0.6) is 0 Å². The lowest BCUT2D eigenvalue weighted by Crippen LogP contribution is -2.42. The summed E-state index contributed by atoms with van der Waals surface area (Å²) in [5.41, 5.74) is 0. The normalized spacial score (nSPS) is 25.5. The lowest BCUT2D eigenvalue weighted by Gasteiger charge is -2.39. The minimum atomic E-state index is 0.668. The lowest BCUT2D eigenvalue weighted by molar-refractivity contribution is 0.290. The second-order valence-corrected chi connectivity index (χ2v) is 6.51. The number of fused-ring (bicyclic) bond motifs is 1. The maximum Gasteiger partial charge on any atom is 0.143 e. The predicted molar refractivity (Wildman–Crippen MR) is 86.1 cm³/mol. The smallest absolute Gasteiger partial charge is 0.143 e. The molecule has 2 fully saturated rings. The van der Waals surface area contributed by atoms with Crippen molar-refractivity contribution in [2.24, 2.45) is 5.92 Å². The first-order valence-electron chi connectivity index (χ1n) is 8.49. The molecule has 116 valence electrons. The number of rotatable bonds is 2. The summed E-state index contributed by atoms with van der Waals surface area (Å²) in [5, 5.41) is 0. The third kappa shape index (κ3) is 2.60. The summed E-state index contributed by atoms with van der Waals surface area (Å²) in [4.78, 5) is 15.6. The van der Waals surface area contributed by atoms with Crippen LogP contribution in [0, 0.1) is 5.92 Å². The quantitative estimate of drug-likeness (QED) is 0.854. The van der Waals surface area contributed by atoms with Crippen molar-refractivity contribution in [3.63, 3.8) is 0 Å². The first kappa shape index (κ1) is 13.7. The second kappa shape index (κ2) is 6.07. The molecular formula is C17H23N5. The molecule has 4 rings (SSSR count). The van der Waals surface area contributed by atoms with Crippen LogP contribution in [0.25, 0.3) is 5.82 Å². The molecule has 2 aromatic rings. The average Bonchev–Trinajstić information content (AvgIpc) is 3.02. The summed E-state index contributed by atoms with van der Waals surface area (Å²) in [6.07, 6.45) is 16.7. The van der Waals surface area contributed by atoms with Crippen molar-refractivity contribution in [1.82, 2.24) is 19.5 Å². The van der Waals surface area contributed by atoms with Gasteiger partial charge >= 0.3 is 0 Å². The van der Waals surface area contributed by atoms with E-state index in [4.69, 9.17) is 0 Å². The number of anilines is 1. The van der Waals surface area contributed by atoms with Crippen molar-refractivity contribution in [3.8, 4) is 5.82 Å². The molecule has 22 heavy (non-hydrogen) atoms. The molecule has 2 aromatic heterocycles. The van der Waals surface area contributed by atoms with Crippen LogP contribution in [0.15, 0.2) is 31.1 Å². The fourth-order valence-corrected chi connectivity index (χ4v) is 4.10. The number of aromatic nitrogens is 4.